The van der Waals surface area contributed by atoms with Crippen molar-refractivity contribution < 1.29 is 0 Å². The number of rotatable bonds is 4. The van der Waals surface area contributed by atoms with Gasteiger partial charge in [-0.3, -0.25) is 0 Å². The molecule has 4 nitrogen and oxygen atoms in total. The summed E-state index contributed by atoms with van der Waals surface area (Å²) in [7, 11) is 2.06. The van der Waals surface area contributed by atoms with E-state index in [4.69, 9.17) is 0 Å². The fraction of sp³-hybridized carbons (Fsp3) is 0.333. The number of thiazole rings is 1. The van der Waals surface area contributed by atoms with Crippen molar-refractivity contribution in [3.63, 3.8) is 0 Å². The summed E-state index contributed by atoms with van der Waals surface area (Å²) in [5.74, 6) is 1.05. The van der Waals surface area contributed by atoms with Crippen molar-refractivity contribution in [1.29, 1.82) is 0 Å². The Morgan fingerprint density at radius 3 is 2.80 bits per heavy atom. The Kier molecular flexibility index (Phi) is 3.54. The van der Waals surface area contributed by atoms with Gasteiger partial charge in [0.05, 0.1) is 23.6 Å². The largest absolute Gasteiger partial charge is 0.330 e. The van der Waals surface area contributed by atoms with Crippen LogP contribution in [0.25, 0.3) is 11.0 Å². The summed E-state index contributed by atoms with van der Waals surface area (Å²) in [6.45, 7) is 4.91. The SMILES string of the molecule is Cc1csc(C(C)NCc2nc3ccccc3n2C)n1. The van der Waals surface area contributed by atoms with Gasteiger partial charge in [-0.25, -0.2) is 9.97 Å². The van der Waals surface area contributed by atoms with Gasteiger partial charge in [-0.2, -0.15) is 0 Å². The van der Waals surface area contributed by atoms with Crippen molar-refractivity contribution >= 4 is 22.4 Å². The number of hydrogen-bond donors (Lipinski definition) is 1. The number of hydrogen-bond acceptors (Lipinski definition) is 4. The summed E-state index contributed by atoms with van der Waals surface area (Å²) in [5.41, 5.74) is 3.30. The van der Waals surface area contributed by atoms with Gasteiger partial charge in [-0.05, 0) is 26.0 Å². The predicted molar refractivity (Wildman–Crippen MR) is 82.8 cm³/mol. The second kappa shape index (κ2) is 5.34. The average Bonchev–Trinajstić information content (AvgIpc) is 3.01. The van der Waals surface area contributed by atoms with Crippen LogP contribution in [0.2, 0.25) is 0 Å². The molecular weight excluding hydrogens is 268 g/mol. The number of nitrogens with one attached hydrogen (secondary N) is 1. The van der Waals surface area contributed by atoms with E-state index in [2.05, 4.69) is 45.3 Å². The van der Waals surface area contributed by atoms with E-state index < -0.39 is 0 Å². The quantitative estimate of drug-likeness (QED) is 0.801. The Hall–Kier alpha value is -1.72. The van der Waals surface area contributed by atoms with Crippen LogP contribution < -0.4 is 5.32 Å². The first-order valence-corrected chi connectivity index (χ1v) is 7.59. The van der Waals surface area contributed by atoms with E-state index in [1.807, 2.05) is 25.1 Å². The highest BCUT2D eigenvalue weighted by molar-refractivity contribution is 7.09. The van der Waals surface area contributed by atoms with Crippen LogP contribution in [-0.2, 0) is 13.6 Å². The van der Waals surface area contributed by atoms with Crippen molar-refractivity contribution in [2.24, 2.45) is 7.05 Å². The first-order valence-electron chi connectivity index (χ1n) is 6.71. The number of benzene rings is 1. The van der Waals surface area contributed by atoms with Crippen molar-refractivity contribution in [3.8, 4) is 0 Å². The lowest BCUT2D eigenvalue weighted by Gasteiger charge is -2.10. The fourth-order valence-electron chi connectivity index (χ4n) is 2.26. The standard InChI is InChI=1S/C15H18N4S/c1-10-9-20-15(17-10)11(2)16-8-14-18-12-6-4-5-7-13(12)19(14)3/h4-7,9,11,16H,8H2,1-3H3. The Bertz CT molecular complexity index is 728. The number of nitrogens with zero attached hydrogens (tertiary/aromatic N) is 3. The number of aromatic nitrogens is 3. The molecule has 3 aromatic rings. The van der Waals surface area contributed by atoms with E-state index in [0.29, 0.717) is 0 Å². The molecule has 1 unspecified atom stereocenters. The Balaban J connectivity index is 1.75. The minimum absolute atomic E-state index is 0.244. The van der Waals surface area contributed by atoms with Gasteiger partial charge in [0.2, 0.25) is 0 Å². The van der Waals surface area contributed by atoms with Crippen molar-refractivity contribution in [2.75, 3.05) is 0 Å². The van der Waals surface area contributed by atoms with E-state index in [0.717, 1.165) is 28.6 Å². The van der Waals surface area contributed by atoms with E-state index in [1.54, 1.807) is 11.3 Å². The van der Waals surface area contributed by atoms with Crippen molar-refractivity contribution in [1.82, 2.24) is 19.9 Å². The fourth-order valence-corrected chi connectivity index (χ4v) is 3.08. The molecule has 2 heterocycles. The summed E-state index contributed by atoms with van der Waals surface area (Å²) >= 11 is 1.70. The Morgan fingerprint density at radius 2 is 2.10 bits per heavy atom. The van der Waals surface area contributed by atoms with E-state index in [1.165, 1.54) is 5.52 Å². The molecule has 20 heavy (non-hydrogen) atoms. The molecule has 0 aliphatic rings. The number of fused-ring (bicyclic) bond motifs is 1. The summed E-state index contributed by atoms with van der Waals surface area (Å²) in [4.78, 5) is 9.18. The molecule has 1 atom stereocenters. The molecule has 0 amide bonds. The molecule has 2 aromatic heterocycles. The van der Waals surface area contributed by atoms with E-state index >= 15 is 0 Å². The van der Waals surface area contributed by atoms with Crippen molar-refractivity contribution in [2.45, 2.75) is 26.4 Å². The zero-order valence-electron chi connectivity index (χ0n) is 11.9. The molecule has 0 aliphatic carbocycles. The highest BCUT2D eigenvalue weighted by atomic mass is 32.1. The van der Waals surface area contributed by atoms with Crippen LogP contribution in [0.15, 0.2) is 29.6 Å². The maximum atomic E-state index is 4.67. The van der Waals surface area contributed by atoms with Gasteiger partial charge in [-0.1, -0.05) is 12.1 Å². The molecule has 104 valence electrons. The molecule has 1 aromatic carbocycles. The Morgan fingerprint density at radius 1 is 1.30 bits per heavy atom. The second-order valence-corrected chi connectivity index (χ2v) is 5.90. The lowest BCUT2D eigenvalue weighted by atomic mass is 10.3. The van der Waals surface area contributed by atoms with Gasteiger partial charge >= 0.3 is 0 Å². The van der Waals surface area contributed by atoms with Gasteiger partial charge in [0.25, 0.3) is 0 Å². The van der Waals surface area contributed by atoms with E-state index in [-0.39, 0.29) is 6.04 Å². The minimum Gasteiger partial charge on any atom is -0.330 e. The van der Waals surface area contributed by atoms with Gasteiger partial charge in [-0.15, -0.1) is 11.3 Å². The van der Waals surface area contributed by atoms with Crippen LogP contribution >= 0.6 is 11.3 Å². The molecule has 3 rings (SSSR count). The zero-order valence-corrected chi connectivity index (χ0v) is 12.7. The summed E-state index contributed by atoms with van der Waals surface area (Å²) < 4.78 is 2.14. The molecule has 0 radical (unpaired) electrons. The molecule has 0 spiro atoms. The molecule has 0 bridgehead atoms. The van der Waals surface area contributed by atoms with Crippen LogP contribution in [-0.4, -0.2) is 14.5 Å². The van der Waals surface area contributed by atoms with Crippen LogP contribution in [0.1, 0.15) is 29.5 Å². The molecule has 0 fully saturated rings. The molecule has 5 heteroatoms. The van der Waals surface area contributed by atoms with Gasteiger partial charge < -0.3 is 9.88 Å². The molecule has 0 saturated heterocycles. The monoisotopic (exact) mass is 286 g/mol. The first-order chi connectivity index (χ1) is 9.65. The van der Waals surface area contributed by atoms with Crippen LogP contribution in [0, 0.1) is 6.92 Å². The maximum Gasteiger partial charge on any atom is 0.123 e. The number of para-hydroxylation sites is 2. The normalized spacial score (nSPS) is 12.9. The molecular formula is C15H18N4S. The molecule has 1 N–H and O–H groups in total. The average molecular weight is 286 g/mol. The van der Waals surface area contributed by atoms with Crippen LogP contribution in [0.3, 0.4) is 0 Å². The van der Waals surface area contributed by atoms with Gasteiger partial charge in [0, 0.05) is 18.1 Å². The smallest absolute Gasteiger partial charge is 0.123 e. The first kappa shape index (κ1) is 13.3. The lowest BCUT2D eigenvalue weighted by molar-refractivity contribution is 0.548. The number of imidazole rings is 1. The van der Waals surface area contributed by atoms with E-state index in [9.17, 15) is 0 Å². The van der Waals surface area contributed by atoms with Crippen LogP contribution in [0.5, 0.6) is 0 Å². The third-order valence-corrected chi connectivity index (χ3v) is 4.60. The third kappa shape index (κ3) is 2.46. The zero-order chi connectivity index (χ0) is 14.1. The lowest BCUT2D eigenvalue weighted by Crippen LogP contribution is -2.20. The van der Waals surface area contributed by atoms with Crippen molar-refractivity contribution in [3.05, 3.63) is 46.2 Å². The predicted octanol–water partition coefficient (Wildman–Crippen LogP) is 3.19. The Labute approximate surface area is 122 Å². The van der Waals surface area contributed by atoms with Gasteiger partial charge in [0.15, 0.2) is 0 Å². The topological polar surface area (TPSA) is 42.7 Å². The summed E-state index contributed by atoms with van der Waals surface area (Å²) in [6.07, 6.45) is 0. The van der Waals surface area contributed by atoms with Crippen LogP contribution in [0.4, 0.5) is 0 Å². The summed E-state index contributed by atoms with van der Waals surface area (Å²) in [6, 6.07) is 8.45. The highest BCUT2D eigenvalue weighted by Gasteiger charge is 2.11. The molecule has 0 aliphatic heterocycles. The molecule has 0 saturated carbocycles. The summed E-state index contributed by atoms with van der Waals surface area (Å²) in [5, 5.41) is 6.71. The minimum atomic E-state index is 0.244. The second-order valence-electron chi connectivity index (χ2n) is 5.01. The highest BCUT2D eigenvalue weighted by Crippen LogP contribution is 2.19. The maximum absolute atomic E-state index is 4.67. The van der Waals surface area contributed by atoms with Gasteiger partial charge in [0.1, 0.15) is 10.8 Å². The third-order valence-electron chi connectivity index (χ3n) is 3.45. The number of aryl methyl sites for hydroxylation is 2.